The van der Waals surface area contributed by atoms with Gasteiger partial charge in [-0.15, -0.1) is 10.2 Å². The van der Waals surface area contributed by atoms with E-state index in [-0.39, 0.29) is 0 Å². The second-order valence-corrected chi connectivity index (χ2v) is 4.44. The van der Waals surface area contributed by atoms with E-state index in [1.54, 1.807) is 7.05 Å². The van der Waals surface area contributed by atoms with E-state index < -0.39 is 6.10 Å². The number of aliphatic hydroxyl groups is 1. The van der Waals surface area contributed by atoms with Crippen LogP contribution in [0.25, 0.3) is 0 Å². The Morgan fingerprint density at radius 1 is 1.39 bits per heavy atom. The van der Waals surface area contributed by atoms with E-state index in [4.69, 9.17) is 4.74 Å². The zero-order valence-electron chi connectivity index (χ0n) is 10.1. The number of rotatable bonds is 3. The van der Waals surface area contributed by atoms with E-state index in [9.17, 15) is 5.11 Å². The summed E-state index contributed by atoms with van der Waals surface area (Å²) in [5.41, 5.74) is 3.22. The Kier molecular flexibility index (Phi) is 2.81. The summed E-state index contributed by atoms with van der Waals surface area (Å²) in [6.07, 6.45) is -0.242. The fraction of sp³-hybridized carbons (Fsp3) is 0.417. The molecule has 0 saturated heterocycles. The van der Waals surface area contributed by atoms with Gasteiger partial charge in [0.1, 0.15) is 0 Å². The van der Waals surface area contributed by atoms with Gasteiger partial charge in [0.05, 0.1) is 26.4 Å². The highest BCUT2D eigenvalue weighted by Crippen LogP contribution is 2.25. The second-order valence-electron chi connectivity index (χ2n) is 4.44. The first-order valence-corrected chi connectivity index (χ1v) is 5.83. The summed E-state index contributed by atoms with van der Waals surface area (Å²) in [6, 6.07) is 5.92. The Bertz CT molecular complexity index is 567. The fourth-order valence-corrected chi connectivity index (χ4v) is 2.10. The smallest absolute Gasteiger partial charge is 0.177 e. The Balaban J connectivity index is 1.78. The quantitative estimate of drug-likeness (QED) is 0.854. The summed E-state index contributed by atoms with van der Waals surface area (Å²) in [4.78, 5) is 1.39. The normalized spacial score (nSPS) is 15.7. The van der Waals surface area contributed by atoms with Crippen molar-refractivity contribution in [3.63, 3.8) is 0 Å². The van der Waals surface area contributed by atoms with Gasteiger partial charge < -0.3 is 9.84 Å². The lowest BCUT2D eigenvalue weighted by Crippen LogP contribution is -2.04. The van der Waals surface area contributed by atoms with Crippen molar-refractivity contribution in [1.82, 2.24) is 20.2 Å². The van der Waals surface area contributed by atoms with Crippen LogP contribution < -0.4 is 0 Å². The molecule has 94 valence electrons. The number of ether oxygens (including phenoxy) is 1. The van der Waals surface area contributed by atoms with E-state index in [2.05, 4.69) is 15.4 Å². The molecule has 1 unspecified atom stereocenters. The van der Waals surface area contributed by atoms with Gasteiger partial charge in [0.2, 0.25) is 0 Å². The van der Waals surface area contributed by atoms with E-state index in [1.807, 2.05) is 18.2 Å². The van der Waals surface area contributed by atoms with E-state index in [0.29, 0.717) is 25.5 Å². The van der Waals surface area contributed by atoms with Crippen LogP contribution in [0.15, 0.2) is 18.2 Å². The van der Waals surface area contributed by atoms with Crippen molar-refractivity contribution >= 4 is 0 Å². The molecule has 0 saturated carbocycles. The molecular formula is C12H14N4O2. The Hall–Kier alpha value is -1.79. The van der Waals surface area contributed by atoms with Gasteiger partial charge in [0.15, 0.2) is 5.82 Å². The predicted molar refractivity (Wildman–Crippen MR) is 62.4 cm³/mol. The summed E-state index contributed by atoms with van der Waals surface area (Å²) < 4.78 is 5.35. The third kappa shape index (κ3) is 2.12. The molecule has 6 nitrogen and oxygen atoms in total. The molecule has 1 atom stereocenters. The van der Waals surface area contributed by atoms with Gasteiger partial charge in [0, 0.05) is 6.42 Å². The van der Waals surface area contributed by atoms with Crippen molar-refractivity contribution in [2.45, 2.75) is 25.7 Å². The van der Waals surface area contributed by atoms with Crippen LogP contribution in [-0.4, -0.2) is 25.3 Å². The van der Waals surface area contributed by atoms with Crippen molar-refractivity contribution in [2.24, 2.45) is 7.05 Å². The maximum atomic E-state index is 10.2. The first-order chi connectivity index (χ1) is 8.72. The molecule has 1 aliphatic heterocycles. The highest BCUT2D eigenvalue weighted by atomic mass is 16.5. The van der Waals surface area contributed by atoms with Gasteiger partial charge in [-0.05, 0) is 21.9 Å². The molecule has 0 fully saturated rings. The molecule has 0 aliphatic carbocycles. The van der Waals surface area contributed by atoms with Crippen molar-refractivity contribution in [1.29, 1.82) is 0 Å². The summed E-state index contributed by atoms with van der Waals surface area (Å²) >= 11 is 0. The molecular weight excluding hydrogens is 232 g/mol. The zero-order chi connectivity index (χ0) is 12.5. The van der Waals surface area contributed by atoms with E-state index in [1.165, 1.54) is 10.4 Å². The third-order valence-electron chi connectivity index (χ3n) is 3.06. The number of hydrogen-bond donors (Lipinski definition) is 1. The molecule has 1 N–H and O–H groups in total. The molecule has 18 heavy (non-hydrogen) atoms. The number of tetrazole rings is 1. The molecule has 0 bridgehead atoms. The topological polar surface area (TPSA) is 73.1 Å². The summed E-state index contributed by atoms with van der Waals surface area (Å²) in [7, 11) is 1.70. The molecule has 0 radical (unpaired) electrons. The number of fused-ring (bicyclic) bond motifs is 1. The predicted octanol–water partition coefficient (Wildman–Crippen LogP) is 0.516. The molecule has 1 aliphatic rings. The molecule has 0 amide bonds. The van der Waals surface area contributed by atoms with Crippen molar-refractivity contribution < 1.29 is 9.84 Å². The largest absolute Gasteiger partial charge is 0.388 e. The number of benzene rings is 1. The molecule has 0 spiro atoms. The molecule has 1 aromatic carbocycles. The van der Waals surface area contributed by atoms with Crippen molar-refractivity contribution in [3.05, 3.63) is 40.7 Å². The van der Waals surface area contributed by atoms with Crippen LogP contribution in [0.4, 0.5) is 0 Å². The first-order valence-electron chi connectivity index (χ1n) is 5.83. The lowest BCUT2D eigenvalue weighted by Gasteiger charge is -2.09. The lowest BCUT2D eigenvalue weighted by atomic mass is 10.0. The highest BCUT2D eigenvalue weighted by molar-refractivity contribution is 5.34. The molecule has 1 aromatic heterocycles. The average Bonchev–Trinajstić information content (AvgIpc) is 2.96. The Morgan fingerprint density at radius 2 is 2.22 bits per heavy atom. The Morgan fingerprint density at radius 3 is 3.00 bits per heavy atom. The van der Waals surface area contributed by atoms with Crippen LogP contribution in [0.3, 0.4) is 0 Å². The minimum absolute atomic E-state index is 0.369. The molecule has 2 heterocycles. The lowest BCUT2D eigenvalue weighted by molar-refractivity contribution is 0.134. The summed E-state index contributed by atoms with van der Waals surface area (Å²) in [5.74, 6) is 0.543. The fourth-order valence-electron chi connectivity index (χ4n) is 2.10. The number of nitrogens with zero attached hydrogens (tertiary/aromatic N) is 4. The average molecular weight is 246 g/mol. The number of aryl methyl sites for hydroxylation is 1. The third-order valence-corrected chi connectivity index (χ3v) is 3.06. The standard InChI is InChI=1S/C12H14N4O2/c1-16-14-12(13-15-16)5-11(17)8-2-3-9-6-18-7-10(9)4-8/h2-4,11,17H,5-7H2,1H3. The molecule has 2 aromatic rings. The number of hydrogen-bond acceptors (Lipinski definition) is 5. The minimum atomic E-state index is -0.611. The number of aromatic nitrogens is 4. The number of aliphatic hydroxyl groups excluding tert-OH is 1. The van der Waals surface area contributed by atoms with Crippen LogP contribution in [0.2, 0.25) is 0 Å². The Labute approximate surface area is 104 Å². The van der Waals surface area contributed by atoms with Crippen LogP contribution in [0, 0.1) is 0 Å². The van der Waals surface area contributed by atoms with Gasteiger partial charge in [-0.3, -0.25) is 0 Å². The van der Waals surface area contributed by atoms with Crippen LogP contribution in [0.5, 0.6) is 0 Å². The molecule has 3 rings (SSSR count). The first kappa shape index (κ1) is 11.3. The van der Waals surface area contributed by atoms with Crippen molar-refractivity contribution in [2.75, 3.05) is 0 Å². The van der Waals surface area contributed by atoms with Gasteiger partial charge in [-0.2, -0.15) is 4.80 Å². The second kappa shape index (κ2) is 4.47. The van der Waals surface area contributed by atoms with Crippen LogP contribution >= 0.6 is 0 Å². The zero-order valence-corrected chi connectivity index (χ0v) is 10.1. The van der Waals surface area contributed by atoms with Gasteiger partial charge in [-0.25, -0.2) is 0 Å². The highest BCUT2D eigenvalue weighted by Gasteiger charge is 2.16. The monoisotopic (exact) mass is 246 g/mol. The molecule has 6 heteroatoms. The van der Waals surface area contributed by atoms with Crippen LogP contribution in [0.1, 0.15) is 28.6 Å². The maximum Gasteiger partial charge on any atom is 0.177 e. The summed E-state index contributed by atoms with van der Waals surface area (Å²) in [6.45, 7) is 1.29. The van der Waals surface area contributed by atoms with Crippen molar-refractivity contribution in [3.8, 4) is 0 Å². The van der Waals surface area contributed by atoms with Gasteiger partial charge >= 0.3 is 0 Å². The van der Waals surface area contributed by atoms with Gasteiger partial charge in [0.25, 0.3) is 0 Å². The minimum Gasteiger partial charge on any atom is -0.388 e. The van der Waals surface area contributed by atoms with E-state index >= 15 is 0 Å². The maximum absolute atomic E-state index is 10.2. The van der Waals surface area contributed by atoms with Crippen LogP contribution in [-0.2, 0) is 31.4 Å². The summed E-state index contributed by atoms with van der Waals surface area (Å²) in [5, 5.41) is 21.8. The SMILES string of the molecule is Cn1nnc(CC(O)c2ccc3c(c2)COC3)n1. The van der Waals surface area contributed by atoms with E-state index in [0.717, 1.165) is 11.1 Å². The van der Waals surface area contributed by atoms with Gasteiger partial charge in [-0.1, -0.05) is 18.2 Å².